The van der Waals surface area contributed by atoms with Crippen LogP contribution < -0.4 is 4.74 Å². The highest BCUT2D eigenvalue weighted by Crippen LogP contribution is 2.26. The smallest absolute Gasteiger partial charge is 0.328 e. The van der Waals surface area contributed by atoms with E-state index in [2.05, 4.69) is 0 Å². The first kappa shape index (κ1) is 17.7. The molecule has 1 saturated heterocycles. The quantitative estimate of drug-likeness (QED) is 0.606. The first-order valence-electron chi connectivity index (χ1n) is 8.09. The Kier molecular flexibility index (Phi) is 5.36. The molecule has 6 nitrogen and oxygen atoms in total. The maximum atomic E-state index is 13.8. The van der Waals surface area contributed by atoms with Crippen LogP contribution in [0.3, 0.4) is 0 Å². The Morgan fingerprint density at radius 2 is 2.08 bits per heavy atom. The third-order valence-corrected chi connectivity index (χ3v) is 4.08. The highest BCUT2D eigenvalue weighted by Gasteiger charge is 2.41. The topological polar surface area (TPSA) is 69.0 Å². The van der Waals surface area contributed by atoms with Gasteiger partial charge >= 0.3 is 5.97 Å². The zero-order valence-corrected chi connectivity index (χ0v) is 14.1. The number of hydrogen-bond donors (Lipinski definition) is 0. The summed E-state index contributed by atoms with van der Waals surface area (Å²) in [6.07, 6.45) is 4.04. The van der Waals surface area contributed by atoms with Gasteiger partial charge in [-0.25, -0.2) is 9.18 Å². The molecule has 26 heavy (non-hydrogen) atoms. The van der Waals surface area contributed by atoms with Crippen LogP contribution in [-0.4, -0.2) is 42.6 Å². The highest BCUT2D eigenvalue weighted by molar-refractivity contribution is 5.94. The monoisotopic (exact) mass is 359 g/mol. The molecule has 0 spiro atoms. The van der Waals surface area contributed by atoms with Gasteiger partial charge in [-0.05, 0) is 30.3 Å². The van der Waals surface area contributed by atoms with Crippen molar-refractivity contribution in [3.8, 4) is 5.75 Å². The number of furan rings is 1. The van der Waals surface area contributed by atoms with Crippen LogP contribution in [0.4, 0.5) is 4.39 Å². The summed E-state index contributed by atoms with van der Waals surface area (Å²) in [6.45, 7) is 0.148. The molecule has 0 radical (unpaired) electrons. The van der Waals surface area contributed by atoms with Gasteiger partial charge in [0.05, 0.1) is 19.9 Å². The van der Waals surface area contributed by atoms with E-state index in [4.69, 9.17) is 13.9 Å². The summed E-state index contributed by atoms with van der Waals surface area (Å²) >= 11 is 0. The Morgan fingerprint density at radius 3 is 2.77 bits per heavy atom. The number of para-hydroxylation sites is 1. The Morgan fingerprint density at radius 1 is 1.27 bits per heavy atom. The standard InChI is InChI=1S/C19H18FNO5/c1-24-19(23)16-11-14(26-17-7-3-2-6-15(17)20)12-21(16)18(22)9-8-13-5-4-10-25-13/h2-10,14,16H,11-12H2,1H3. The van der Waals surface area contributed by atoms with Gasteiger partial charge in [-0.3, -0.25) is 4.79 Å². The lowest BCUT2D eigenvalue weighted by Crippen LogP contribution is -2.40. The van der Waals surface area contributed by atoms with Crippen LogP contribution in [0.2, 0.25) is 0 Å². The van der Waals surface area contributed by atoms with Gasteiger partial charge in [0.15, 0.2) is 11.6 Å². The lowest BCUT2D eigenvalue weighted by molar-refractivity contribution is -0.149. The SMILES string of the molecule is COC(=O)C1CC(Oc2ccccc2F)CN1C(=O)C=Cc1ccco1. The third-order valence-electron chi connectivity index (χ3n) is 4.08. The van der Waals surface area contributed by atoms with Gasteiger partial charge < -0.3 is 18.8 Å². The number of esters is 1. The van der Waals surface area contributed by atoms with Crippen molar-refractivity contribution < 1.29 is 27.9 Å². The van der Waals surface area contributed by atoms with Crippen molar-refractivity contribution in [3.63, 3.8) is 0 Å². The largest absolute Gasteiger partial charge is 0.485 e. The molecule has 1 aliphatic heterocycles. The molecule has 2 heterocycles. The average Bonchev–Trinajstić information content (AvgIpc) is 3.31. The molecule has 0 N–H and O–H groups in total. The summed E-state index contributed by atoms with van der Waals surface area (Å²) in [5, 5.41) is 0. The molecule has 2 aromatic rings. The van der Waals surface area contributed by atoms with Crippen LogP contribution in [0, 0.1) is 5.82 Å². The zero-order valence-electron chi connectivity index (χ0n) is 14.1. The van der Waals surface area contributed by atoms with Crippen molar-refractivity contribution in [1.82, 2.24) is 4.90 Å². The maximum Gasteiger partial charge on any atom is 0.328 e. The fourth-order valence-corrected chi connectivity index (χ4v) is 2.84. The summed E-state index contributed by atoms with van der Waals surface area (Å²) in [5.41, 5.74) is 0. The second kappa shape index (κ2) is 7.86. The summed E-state index contributed by atoms with van der Waals surface area (Å²) in [7, 11) is 1.26. The fourth-order valence-electron chi connectivity index (χ4n) is 2.84. The van der Waals surface area contributed by atoms with Crippen molar-refractivity contribution >= 4 is 18.0 Å². The van der Waals surface area contributed by atoms with Gasteiger partial charge in [-0.15, -0.1) is 0 Å². The molecule has 136 valence electrons. The van der Waals surface area contributed by atoms with Crippen LogP contribution >= 0.6 is 0 Å². The van der Waals surface area contributed by atoms with Gasteiger partial charge in [0.2, 0.25) is 5.91 Å². The number of benzene rings is 1. The van der Waals surface area contributed by atoms with E-state index < -0.39 is 23.9 Å². The predicted molar refractivity (Wildman–Crippen MR) is 90.7 cm³/mol. The van der Waals surface area contributed by atoms with Crippen molar-refractivity contribution in [1.29, 1.82) is 0 Å². The van der Waals surface area contributed by atoms with Gasteiger partial charge in [-0.1, -0.05) is 12.1 Å². The second-order valence-electron chi connectivity index (χ2n) is 5.78. The molecule has 1 fully saturated rings. The van der Waals surface area contributed by atoms with Crippen molar-refractivity contribution in [2.45, 2.75) is 18.6 Å². The van der Waals surface area contributed by atoms with Crippen molar-refractivity contribution in [2.24, 2.45) is 0 Å². The van der Waals surface area contributed by atoms with Crippen LogP contribution in [0.5, 0.6) is 5.75 Å². The van der Waals surface area contributed by atoms with Crippen LogP contribution in [0.1, 0.15) is 12.2 Å². The molecule has 0 bridgehead atoms. The van der Waals surface area contributed by atoms with Gasteiger partial charge in [0, 0.05) is 12.5 Å². The molecule has 0 aliphatic carbocycles. The number of carbonyl (C=O) groups excluding carboxylic acids is 2. The summed E-state index contributed by atoms with van der Waals surface area (Å²) in [5.74, 6) is -0.807. The molecule has 2 atom stereocenters. The summed E-state index contributed by atoms with van der Waals surface area (Å²) in [4.78, 5) is 25.9. The zero-order chi connectivity index (χ0) is 18.5. The molecule has 7 heteroatoms. The summed E-state index contributed by atoms with van der Waals surface area (Å²) in [6, 6.07) is 8.63. The molecule has 1 aliphatic rings. The van der Waals surface area contributed by atoms with E-state index in [0.29, 0.717) is 5.76 Å². The Bertz CT molecular complexity index is 802. The minimum absolute atomic E-state index is 0.0848. The van der Waals surface area contributed by atoms with Crippen molar-refractivity contribution in [2.75, 3.05) is 13.7 Å². The minimum Gasteiger partial charge on any atom is -0.485 e. The van der Waals surface area contributed by atoms with E-state index in [0.717, 1.165) is 0 Å². The normalized spacial score (nSPS) is 19.7. The predicted octanol–water partition coefficient (Wildman–Crippen LogP) is 2.65. The number of likely N-dealkylation sites (tertiary alicyclic amines) is 1. The molecule has 2 unspecified atom stereocenters. The van der Waals surface area contributed by atoms with Gasteiger partial charge in [-0.2, -0.15) is 0 Å². The van der Waals surface area contributed by atoms with Crippen LogP contribution in [0.15, 0.2) is 53.2 Å². The van der Waals surface area contributed by atoms with E-state index in [1.807, 2.05) is 0 Å². The molecule has 1 aromatic carbocycles. The van der Waals surface area contributed by atoms with Gasteiger partial charge in [0.25, 0.3) is 0 Å². The number of carbonyl (C=O) groups is 2. The number of amides is 1. The molecule has 1 amide bonds. The fraction of sp³-hybridized carbons (Fsp3) is 0.263. The number of methoxy groups -OCH3 is 1. The average molecular weight is 359 g/mol. The first-order valence-corrected chi connectivity index (χ1v) is 8.09. The third kappa shape index (κ3) is 3.93. The Labute approximate surface area is 149 Å². The number of nitrogens with zero attached hydrogens (tertiary/aromatic N) is 1. The molecular formula is C19H18FNO5. The Balaban J connectivity index is 1.73. The lowest BCUT2D eigenvalue weighted by Gasteiger charge is -2.20. The molecule has 0 saturated carbocycles. The van der Waals surface area contributed by atoms with E-state index in [9.17, 15) is 14.0 Å². The lowest BCUT2D eigenvalue weighted by atomic mass is 10.2. The number of halogens is 1. The maximum absolute atomic E-state index is 13.8. The Hall–Kier alpha value is -3.09. The van der Waals surface area contributed by atoms with E-state index >= 15 is 0 Å². The molecule has 1 aromatic heterocycles. The minimum atomic E-state index is -0.787. The second-order valence-corrected chi connectivity index (χ2v) is 5.78. The van der Waals surface area contributed by atoms with E-state index in [1.165, 1.54) is 42.6 Å². The number of ether oxygens (including phenoxy) is 2. The molecular weight excluding hydrogens is 341 g/mol. The number of rotatable bonds is 5. The first-order chi connectivity index (χ1) is 12.6. The van der Waals surface area contributed by atoms with Crippen LogP contribution in [-0.2, 0) is 14.3 Å². The summed E-state index contributed by atoms with van der Waals surface area (Å²) < 4.78 is 29.3. The van der Waals surface area contributed by atoms with Crippen molar-refractivity contribution in [3.05, 3.63) is 60.3 Å². The van der Waals surface area contributed by atoms with Crippen LogP contribution in [0.25, 0.3) is 6.08 Å². The molecule has 3 rings (SSSR count). The van der Waals surface area contributed by atoms with E-state index in [1.54, 1.807) is 24.3 Å². The van der Waals surface area contributed by atoms with Gasteiger partial charge in [0.1, 0.15) is 17.9 Å². The van der Waals surface area contributed by atoms with E-state index in [-0.39, 0.29) is 24.6 Å². The number of hydrogen-bond acceptors (Lipinski definition) is 5. The highest BCUT2D eigenvalue weighted by atomic mass is 19.1.